The molecule has 0 saturated carbocycles. The zero-order chi connectivity index (χ0) is 19.6. The van der Waals surface area contributed by atoms with E-state index in [4.69, 9.17) is 4.74 Å². The topological polar surface area (TPSA) is 54.5 Å². The Kier molecular flexibility index (Phi) is 5.48. The lowest BCUT2D eigenvalue weighted by Crippen LogP contribution is -2.39. The number of carbonyl (C=O) groups excluding carboxylic acids is 1. The van der Waals surface area contributed by atoms with Gasteiger partial charge in [-0.25, -0.2) is 0 Å². The van der Waals surface area contributed by atoms with Gasteiger partial charge in [-0.2, -0.15) is 22.5 Å². The van der Waals surface area contributed by atoms with Gasteiger partial charge in [-0.05, 0) is 25.0 Å². The third-order valence-corrected chi connectivity index (χ3v) is 4.52. The highest BCUT2D eigenvalue weighted by molar-refractivity contribution is 5.94. The summed E-state index contributed by atoms with van der Waals surface area (Å²) in [5.41, 5.74) is -0.272. The number of anilines is 2. The van der Waals surface area contributed by atoms with E-state index in [2.05, 4.69) is 10.3 Å². The molecule has 1 amide bonds. The van der Waals surface area contributed by atoms with Crippen molar-refractivity contribution in [2.75, 3.05) is 30.4 Å². The number of piperidine rings is 1. The highest BCUT2D eigenvalue weighted by Crippen LogP contribution is 2.31. The highest BCUT2D eigenvalue weighted by atomic mass is 19.2. The van der Waals surface area contributed by atoms with Gasteiger partial charge in [-0.1, -0.05) is 12.1 Å². The van der Waals surface area contributed by atoms with E-state index in [1.807, 2.05) is 0 Å². The molecule has 1 aromatic carbocycles. The van der Waals surface area contributed by atoms with Crippen molar-refractivity contribution in [2.24, 2.45) is 5.92 Å². The van der Waals surface area contributed by atoms with Gasteiger partial charge in [0.05, 0.1) is 12.8 Å². The maximum atomic E-state index is 13.9. The number of para-hydroxylation sites is 2. The second kappa shape index (κ2) is 7.81. The zero-order valence-electron chi connectivity index (χ0n) is 14.4. The van der Waals surface area contributed by atoms with Gasteiger partial charge in [0.15, 0.2) is 0 Å². The Morgan fingerprint density at radius 3 is 2.30 bits per heavy atom. The van der Waals surface area contributed by atoms with Crippen LogP contribution < -0.4 is 15.0 Å². The fourth-order valence-electron chi connectivity index (χ4n) is 3.10. The van der Waals surface area contributed by atoms with Gasteiger partial charge in [-0.15, -0.1) is 0 Å². The number of nitrogens with one attached hydrogen (secondary N) is 1. The van der Waals surface area contributed by atoms with Crippen molar-refractivity contribution >= 4 is 17.3 Å². The van der Waals surface area contributed by atoms with E-state index in [0.29, 0.717) is 11.4 Å². The molecule has 27 heavy (non-hydrogen) atoms. The third-order valence-electron chi connectivity index (χ3n) is 4.52. The summed E-state index contributed by atoms with van der Waals surface area (Å²) in [5.74, 6) is -6.62. The summed E-state index contributed by atoms with van der Waals surface area (Å²) in [6, 6.07) is 6.91. The number of methoxy groups -OCH3 is 1. The minimum Gasteiger partial charge on any atom is -0.495 e. The van der Waals surface area contributed by atoms with Crippen molar-refractivity contribution in [3.05, 3.63) is 47.8 Å². The number of nitrogens with zero attached hydrogens (tertiary/aromatic N) is 2. The van der Waals surface area contributed by atoms with E-state index < -0.39 is 35.1 Å². The molecule has 0 bridgehead atoms. The summed E-state index contributed by atoms with van der Waals surface area (Å²) in [5, 5.41) is 2.77. The highest BCUT2D eigenvalue weighted by Gasteiger charge is 2.31. The molecule has 1 saturated heterocycles. The van der Waals surface area contributed by atoms with Gasteiger partial charge in [-0.3, -0.25) is 4.79 Å². The average Bonchev–Trinajstić information content (AvgIpc) is 2.67. The molecule has 1 N–H and O–H groups in total. The molecule has 9 heteroatoms. The second-order valence-electron chi connectivity index (χ2n) is 6.12. The number of rotatable bonds is 4. The minimum absolute atomic E-state index is 0.0702. The predicted octanol–water partition coefficient (Wildman–Crippen LogP) is 3.50. The number of carbonyl (C=O) groups is 1. The van der Waals surface area contributed by atoms with E-state index in [1.54, 1.807) is 24.3 Å². The van der Waals surface area contributed by atoms with Crippen LogP contribution >= 0.6 is 0 Å². The fourth-order valence-corrected chi connectivity index (χ4v) is 3.10. The lowest BCUT2D eigenvalue weighted by molar-refractivity contribution is -0.120. The van der Waals surface area contributed by atoms with E-state index in [0.717, 1.165) is 0 Å². The van der Waals surface area contributed by atoms with Crippen LogP contribution in [0, 0.1) is 29.4 Å². The van der Waals surface area contributed by atoms with Crippen molar-refractivity contribution < 1.29 is 27.1 Å². The van der Waals surface area contributed by atoms with Crippen LogP contribution in [0.1, 0.15) is 12.8 Å². The number of pyridine rings is 1. The SMILES string of the molecule is COc1ccccc1NC(=O)C1CCN(c2c(F)c(F)nc(F)c2F)CC1. The van der Waals surface area contributed by atoms with Gasteiger partial charge in [0.1, 0.15) is 11.4 Å². The Morgan fingerprint density at radius 1 is 1.11 bits per heavy atom. The van der Waals surface area contributed by atoms with Crippen LogP contribution in [-0.4, -0.2) is 31.1 Å². The van der Waals surface area contributed by atoms with Crippen LogP contribution in [-0.2, 0) is 4.79 Å². The van der Waals surface area contributed by atoms with Crippen LogP contribution in [0.2, 0.25) is 0 Å². The first-order valence-corrected chi connectivity index (χ1v) is 8.31. The number of aromatic nitrogens is 1. The van der Waals surface area contributed by atoms with Crippen molar-refractivity contribution in [1.82, 2.24) is 4.98 Å². The largest absolute Gasteiger partial charge is 0.495 e. The van der Waals surface area contributed by atoms with E-state index in [9.17, 15) is 22.4 Å². The van der Waals surface area contributed by atoms with Crippen LogP contribution in [0.5, 0.6) is 5.75 Å². The minimum atomic E-state index is -1.69. The molecule has 5 nitrogen and oxygen atoms in total. The molecule has 1 fully saturated rings. The van der Waals surface area contributed by atoms with Crippen LogP contribution in [0.25, 0.3) is 0 Å². The van der Waals surface area contributed by atoms with E-state index in [-0.39, 0.29) is 31.8 Å². The molecule has 2 heterocycles. The number of hydrogen-bond acceptors (Lipinski definition) is 4. The summed E-state index contributed by atoms with van der Waals surface area (Å²) in [4.78, 5) is 16.2. The first kappa shape index (κ1) is 18.9. The van der Waals surface area contributed by atoms with Crippen LogP contribution in [0.3, 0.4) is 0 Å². The number of halogens is 4. The van der Waals surface area contributed by atoms with Crippen LogP contribution in [0.15, 0.2) is 24.3 Å². The van der Waals surface area contributed by atoms with Gasteiger partial charge in [0.25, 0.3) is 11.9 Å². The number of amides is 1. The predicted molar refractivity (Wildman–Crippen MR) is 90.6 cm³/mol. The average molecular weight is 383 g/mol. The molecule has 3 rings (SSSR count). The first-order chi connectivity index (χ1) is 12.9. The van der Waals surface area contributed by atoms with Crippen molar-refractivity contribution in [3.8, 4) is 5.75 Å². The smallest absolute Gasteiger partial charge is 0.253 e. The molecule has 2 aromatic rings. The molecule has 1 aliphatic heterocycles. The monoisotopic (exact) mass is 383 g/mol. The Morgan fingerprint density at radius 2 is 1.70 bits per heavy atom. The summed E-state index contributed by atoms with van der Waals surface area (Å²) < 4.78 is 59.5. The summed E-state index contributed by atoms with van der Waals surface area (Å²) in [7, 11) is 1.49. The van der Waals surface area contributed by atoms with Gasteiger partial charge in [0.2, 0.25) is 17.5 Å². The van der Waals surface area contributed by atoms with Gasteiger partial charge < -0.3 is 15.0 Å². The molecular weight excluding hydrogens is 366 g/mol. The molecule has 0 aliphatic carbocycles. The summed E-state index contributed by atoms with van der Waals surface area (Å²) >= 11 is 0. The maximum Gasteiger partial charge on any atom is 0.253 e. The molecule has 144 valence electrons. The van der Waals surface area contributed by atoms with Crippen molar-refractivity contribution in [2.45, 2.75) is 12.8 Å². The van der Waals surface area contributed by atoms with Gasteiger partial charge in [0, 0.05) is 19.0 Å². The lowest BCUT2D eigenvalue weighted by atomic mass is 9.95. The Hall–Kier alpha value is -2.84. The molecule has 0 radical (unpaired) electrons. The quantitative estimate of drug-likeness (QED) is 0.649. The normalized spacial score (nSPS) is 14.9. The standard InChI is InChI=1S/C18H17F4N3O2/c1-27-12-5-3-2-4-11(12)23-18(26)10-6-8-25(9-7-10)15-13(19)16(21)24-17(22)14(15)20/h2-5,10H,6-9H2,1H3,(H,23,26). The molecule has 0 atom stereocenters. The molecule has 1 aliphatic rings. The van der Waals surface area contributed by atoms with Crippen LogP contribution in [0.4, 0.5) is 28.9 Å². The Bertz CT molecular complexity index is 828. The fraction of sp³-hybridized carbons (Fsp3) is 0.333. The third kappa shape index (κ3) is 3.81. The zero-order valence-corrected chi connectivity index (χ0v) is 14.4. The Labute approximate surface area is 153 Å². The summed E-state index contributed by atoms with van der Waals surface area (Å²) in [6.07, 6.45) is 0.539. The second-order valence-corrected chi connectivity index (χ2v) is 6.12. The number of hydrogen-bond donors (Lipinski definition) is 1. The number of benzene rings is 1. The van der Waals surface area contributed by atoms with E-state index >= 15 is 0 Å². The molecule has 0 spiro atoms. The maximum absolute atomic E-state index is 13.9. The number of ether oxygens (including phenoxy) is 1. The van der Waals surface area contributed by atoms with Crippen molar-refractivity contribution in [1.29, 1.82) is 0 Å². The van der Waals surface area contributed by atoms with E-state index in [1.165, 1.54) is 12.0 Å². The van der Waals surface area contributed by atoms with Crippen molar-refractivity contribution in [3.63, 3.8) is 0 Å². The molecule has 0 unspecified atom stereocenters. The molecule has 1 aromatic heterocycles. The van der Waals surface area contributed by atoms with Gasteiger partial charge >= 0.3 is 0 Å². The Balaban J connectivity index is 1.68. The first-order valence-electron chi connectivity index (χ1n) is 8.31. The lowest BCUT2D eigenvalue weighted by Gasteiger charge is -2.33. The molecular formula is C18H17F4N3O2. The summed E-state index contributed by atoms with van der Waals surface area (Å²) in [6.45, 7) is 0.140.